The normalized spacial score (nSPS) is 17.6. The first-order valence-corrected chi connectivity index (χ1v) is 10.5. The summed E-state index contributed by atoms with van der Waals surface area (Å²) in [5.74, 6) is 1.34. The van der Waals surface area contributed by atoms with Gasteiger partial charge in [0.15, 0.2) is 5.96 Å². The first kappa shape index (κ1) is 26.7. The van der Waals surface area contributed by atoms with Crippen LogP contribution < -0.4 is 20.3 Å². The second kappa shape index (κ2) is 14.6. The van der Waals surface area contributed by atoms with Crippen LogP contribution in [0.25, 0.3) is 0 Å². The summed E-state index contributed by atoms with van der Waals surface area (Å²) in [4.78, 5) is 6.77. The molecule has 0 aromatic heterocycles. The van der Waals surface area contributed by atoms with Crippen LogP contribution in [-0.2, 0) is 0 Å². The van der Waals surface area contributed by atoms with Gasteiger partial charge in [0, 0.05) is 38.8 Å². The third-order valence-corrected chi connectivity index (χ3v) is 5.04. The van der Waals surface area contributed by atoms with Gasteiger partial charge in [0.2, 0.25) is 0 Å². The van der Waals surface area contributed by atoms with Gasteiger partial charge in [0.05, 0.1) is 5.69 Å². The highest BCUT2D eigenvalue weighted by Gasteiger charge is 2.26. The van der Waals surface area contributed by atoms with Gasteiger partial charge < -0.3 is 25.4 Å². The van der Waals surface area contributed by atoms with Crippen LogP contribution in [-0.4, -0.2) is 56.5 Å². The van der Waals surface area contributed by atoms with Crippen LogP contribution in [0.15, 0.2) is 29.3 Å². The molecule has 1 fully saturated rings. The van der Waals surface area contributed by atoms with Gasteiger partial charge in [-0.1, -0.05) is 25.5 Å². The Hall–Kier alpha value is -1.36. The van der Waals surface area contributed by atoms with Gasteiger partial charge in [-0.15, -0.1) is 24.0 Å². The molecule has 1 heterocycles. The summed E-state index contributed by atoms with van der Waals surface area (Å²) < 4.78 is 30.0. The molecular weight excluding hydrogens is 505 g/mol. The molecule has 30 heavy (non-hydrogen) atoms. The van der Waals surface area contributed by atoms with Gasteiger partial charge in [-0.2, -0.15) is 8.78 Å². The zero-order chi connectivity index (χ0) is 21.1. The van der Waals surface area contributed by atoms with Gasteiger partial charge >= 0.3 is 6.61 Å². The van der Waals surface area contributed by atoms with Crippen molar-refractivity contribution in [3.63, 3.8) is 0 Å². The summed E-state index contributed by atoms with van der Waals surface area (Å²) >= 11 is 0. The van der Waals surface area contributed by atoms with Crippen LogP contribution in [0.4, 0.5) is 14.5 Å². The van der Waals surface area contributed by atoms with Crippen LogP contribution in [0.3, 0.4) is 0 Å². The summed E-state index contributed by atoms with van der Waals surface area (Å²) in [6.07, 6.45) is 3.75. The number of para-hydroxylation sites is 2. The number of hydrogen-bond acceptors (Lipinski definition) is 4. The van der Waals surface area contributed by atoms with Gasteiger partial charge in [-0.05, 0) is 44.2 Å². The number of rotatable bonds is 11. The molecule has 0 radical (unpaired) electrons. The Labute approximate surface area is 195 Å². The number of alkyl halides is 2. The number of ether oxygens (including phenoxy) is 1. The minimum absolute atomic E-state index is 0. The molecule has 2 atom stereocenters. The van der Waals surface area contributed by atoms with Crippen molar-refractivity contribution in [2.45, 2.75) is 52.2 Å². The molecule has 0 saturated carbocycles. The average Bonchev–Trinajstić information content (AvgIpc) is 3.15. The monoisotopic (exact) mass is 540 g/mol. The molecule has 1 aliphatic rings. The third-order valence-electron chi connectivity index (χ3n) is 5.04. The Morgan fingerprint density at radius 2 is 2.07 bits per heavy atom. The van der Waals surface area contributed by atoms with Crippen LogP contribution in [0.1, 0.15) is 39.5 Å². The summed E-state index contributed by atoms with van der Waals surface area (Å²) in [7, 11) is 0. The molecule has 0 bridgehead atoms. The number of guanidine groups is 1. The first-order valence-electron chi connectivity index (χ1n) is 10.5. The number of nitrogens with zero attached hydrogens (tertiary/aromatic N) is 2. The fourth-order valence-corrected chi connectivity index (χ4v) is 3.66. The molecular formula is C21H35F2IN4O2. The van der Waals surface area contributed by atoms with Crippen molar-refractivity contribution < 1.29 is 18.6 Å². The number of halogens is 3. The highest BCUT2D eigenvalue weighted by Crippen LogP contribution is 2.31. The molecule has 1 aliphatic heterocycles. The number of hydrogen-bond donors (Lipinski definition) is 3. The van der Waals surface area contributed by atoms with E-state index in [9.17, 15) is 13.9 Å². The first-order chi connectivity index (χ1) is 14.1. The van der Waals surface area contributed by atoms with Gasteiger partial charge in [0.1, 0.15) is 5.75 Å². The maximum atomic E-state index is 12.7. The van der Waals surface area contributed by atoms with E-state index >= 15 is 0 Å². The maximum absolute atomic E-state index is 12.7. The van der Waals surface area contributed by atoms with Crippen molar-refractivity contribution in [2.24, 2.45) is 10.9 Å². The zero-order valence-electron chi connectivity index (χ0n) is 17.8. The third kappa shape index (κ3) is 8.79. The highest BCUT2D eigenvalue weighted by molar-refractivity contribution is 14.0. The van der Waals surface area contributed by atoms with Crippen LogP contribution in [0.5, 0.6) is 5.75 Å². The van der Waals surface area contributed by atoms with Crippen molar-refractivity contribution >= 4 is 35.6 Å². The Morgan fingerprint density at radius 1 is 1.30 bits per heavy atom. The summed E-state index contributed by atoms with van der Waals surface area (Å²) in [6, 6.07) is 7.07. The Balaban J connectivity index is 0.00000450. The molecule has 1 aromatic rings. The smallest absolute Gasteiger partial charge is 0.387 e. The minimum atomic E-state index is -2.84. The van der Waals surface area contributed by atoms with Crippen molar-refractivity contribution in [2.75, 3.05) is 37.7 Å². The lowest BCUT2D eigenvalue weighted by atomic mass is 10.0. The van der Waals surface area contributed by atoms with E-state index in [2.05, 4.69) is 27.2 Å². The quantitative estimate of drug-likeness (QED) is 0.226. The molecule has 0 aliphatic carbocycles. The predicted octanol–water partition coefficient (Wildman–Crippen LogP) is 3.84. The van der Waals surface area contributed by atoms with Crippen molar-refractivity contribution in [3.05, 3.63) is 24.3 Å². The molecule has 0 amide bonds. The Bertz CT molecular complexity index is 631. The number of aliphatic imine (C=N–C) groups is 1. The van der Waals surface area contributed by atoms with Crippen LogP contribution in [0.2, 0.25) is 0 Å². The van der Waals surface area contributed by atoms with Crippen LogP contribution >= 0.6 is 24.0 Å². The maximum Gasteiger partial charge on any atom is 0.387 e. The standard InChI is InChI=1S/C21H34F2N4O2.HI/c1-3-7-16(11-13-28)14-25-21(24-4-2)26-17-10-12-27(15-17)18-8-5-6-9-19(18)29-20(22)23;/h5-6,8-9,16-17,20,28H,3-4,7,10-15H2,1-2H3,(H2,24,25,26);1H. The van der Waals surface area contributed by atoms with Crippen molar-refractivity contribution in [1.29, 1.82) is 0 Å². The molecule has 172 valence electrons. The topological polar surface area (TPSA) is 69.1 Å². The van der Waals surface area contributed by atoms with E-state index in [0.717, 1.165) is 44.7 Å². The summed E-state index contributed by atoms with van der Waals surface area (Å²) in [5, 5.41) is 16.0. The molecule has 6 nitrogen and oxygen atoms in total. The molecule has 9 heteroatoms. The van der Waals surface area contributed by atoms with E-state index in [-0.39, 0.29) is 42.4 Å². The largest absolute Gasteiger partial charge is 0.433 e. The van der Waals surface area contributed by atoms with Gasteiger partial charge in [-0.25, -0.2) is 0 Å². The fourth-order valence-electron chi connectivity index (χ4n) is 3.66. The minimum Gasteiger partial charge on any atom is -0.433 e. The van der Waals surface area contributed by atoms with E-state index in [1.165, 1.54) is 0 Å². The number of aliphatic hydroxyl groups is 1. The Morgan fingerprint density at radius 3 is 2.73 bits per heavy atom. The summed E-state index contributed by atoms with van der Waals surface area (Å²) in [6.45, 7) is 4.37. The molecule has 1 aromatic carbocycles. The SMILES string of the molecule is CCCC(CCO)CN=C(NCC)NC1CCN(c2ccccc2OC(F)F)C1.I. The lowest BCUT2D eigenvalue weighted by Crippen LogP contribution is -2.45. The molecule has 2 rings (SSSR count). The lowest BCUT2D eigenvalue weighted by Gasteiger charge is -2.23. The number of nitrogens with one attached hydrogen (secondary N) is 2. The molecule has 2 unspecified atom stereocenters. The second-order valence-electron chi connectivity index (χ2n) is 7.31. The molecule has 1 saturated heterocycles. The average molecular weight is 540 g/mol. The van der Waals surface area contributed by atoms with Gasteiger partial charge in [-0.3, -0.25) is 4.99 Å². The van der Waals surface area contributed by atoms with E-state index < -0.39 is 6.61 Å². The Kier molecular flexibility index (Phi) is 13.0. The second-order valence-corrected chi connectivity index (χ2v) is 7.31. The number of aliphatic hydroxyl groups excluding tert-OH is 1. The van der Waals surface area contributed by atoms with Crippen molar-refractivity contribution in [1.82, 2.24) is 10.6 Å². The molecule has 0 spiro atoms. The van der Waals surface area contributed by atoms with E-state index in [1.54, 1.807) is 12.1 Å². The van der Waals surface area contributed by atoms with Gasteiger partial charge in [0.25, 0.3) is 0 Å². The summed E-state index contributed by atoms with van der Waals surface area (Å²) in [5.41, 5.74) is 0.685. The lowest BCUT2D eigenvalue weighted by molar-refractivity contribution is -0.0495. The van der Waals surface area contributed by atoms with E-state index in [4.69, 9.17) is 4.99 Å². The van der Waals surface area contributed by atoms with E-state index in [1.807, 2.05) is 19.1 Å². The molecule has 3 N–H and O–H groups in total. The highest BCUT2D eigenvalue weighted by atomic mass is 127. The fraction of sp³-hybridized carbons (Fsp3) is 0.667. The van der Waals surface area contributed by atoms with Crippen LogP contribution in [0, 0.1) is 5.92 Å². The van der Waals surface area contributed by atoms with E-state index in [0.29, 0.717) is 24.7 Å². The number of benzene rings is 1. The van der Waals surface area contributed by atoms with Crippen molar-refractivity contribution in [3.8, 4) is 5.75 Å². The predicted molar refractivity (Wildman–Crippen MR) is 128 cm³/mol. The number of anilines is 1. The zero-order valence-corrected chi connectivity index (χ0v) is 20.1.